The zero-order chi connectivity index (χ0) is 16.8. The fraction of sp³-hybridized carbons (Fsp3) is 0.632. The molecule has 24 heavy (non-hydrogen) atoms. The van der Waals surface area contributed by atoms with Gasteiger partial charge in [0.05, 0.1) is 12.1 Å². The molecule has 0 aliphatic carbocycles. The van der Waals surface area contributed by atoms with Crippen molar-refractivity contribution >= 4 is 11.7 Å². The van der Waals surface area contributed by atoms with Crippen LogP contribution in [0, 0.1) is 0 Å². The Morgan fingerprint density at radius 2 is 2.17 bits per heavy atom. The molecule has 0 spiro atoms. The molecule has 2 aliphatic rings. The van der Waals surface area contributed by atoms with Crippen molar-refractivity contribution in [1.82, 2.24) is 10.6 Å². The minimum absolute atomic E-state index is 0.00437. The molecular formula is C19H29N3O2. The fourth-order valence-corrected chi connectivity index (χ4v) is 3.52. The topological polar surface area (TPSA) is 53.6 Å². The molecule has 2 aliphatic heterocycles. The Morgan fingerprint density at radius 3 is 2.92 bits per heavy atom. The van der Waals surface area contributed by atoms with E-state index in [1.54, 1.807) is 0 Å². The molecular weight excluding hydrogens is 302 g/mol. The van der Waals surface area contributed by atoms with Crippen LogP contribution in [-0.2, 0) is 4.74 Å². The Hall–Kier alpha value is -1.75. The van der Waals surface area contributed by atoms with E-state index in [9.17, 15) is 4.79 Å². The Balaban J connectivity index is 1.45. The third-order valence-electron chi connectivity index (χ3n) is 4.96. The molecule has 0 saturated carbocycles. The van der Waals surface area contributed by atoms with Gasteiger partial charge in [-0.05, 0) is 56.7 Å². The standard InChI is InChI=1S/C19H29N3O2/c1-15(21-19(23)20-10-9-18-8-5-13-24-18)16-6-4-7-17(14-16)22-11-2-3-12-22/h4,6-7,14-15,18H,2-3,5,8-13H2,1H3,(H2,20,21,23)/t15-,18+/m1/s1. The summed E-state index contributed by atoms with van der Waals surface area (Å²) in [6.45, 7) is 5.82. The molecule has 3 rings (SSSR count). The van der Waals surface area contributed by atoms with E-state index in [1.165, 1.54) is 18.5 Å². The Labute approximate surface area is 144 Å². The molecule has 2 atom stereocenters. The van der Waals surface area contributed by atoms with Crippen LogP contribution in [0.25, 0.3) is 0 Å². The first-order valence-corrected chi connectivity index (χ1v) is 9.23. The summed E-state index contributed by atoms with van der Waals surface area (Å²) in [5.74, 6) is 0. The molecule has 0 aromatic heterocycles. The van der Waals surface area contributed by atoms with Gasteiger partial charge < -0.3 is 20.3 Å². The van der Waals surface area contributed by atoms with Gasteiger partial charge in [-0.1, -0.05) is 12.1 Å². The zero-order valence-electron chi connectivity index (χ0n) is 14.6. The maximum Gasteiger partial charge on any atom is 0.315 e. The summed E-state index contributed by atoms with van der Waals surface area (Å²) >= 11 is 0. The molecule has 2 saturated heterocycles. The number of anilines is 1. The van der Waals surface area contributed by atoms with E-state index < -0.39 is 0 Å². The van der Waals surface area contributed by atoms with Crippen LogP contribution in [-0.4, -0.2) is 38.4 Å². The molecule has 0 bridgehead atoms. The lowest BCUT2D eigenvalue weighted by Crippen LogP contribution is -2.38. The van der Waals surface area contributed by atoms with Crippen molar-refractivity contribution in [3.05, 3.63) is 29.8 Å². The summed E-state index contributed by atoms with van der Waals surface area (Å²) in [4.78, 5) is 14.5. The van der Waals surface area contributed by atoms with Crippen LogP contribution in [0.2, 0.25) is 0 Å². The number of nitrogens with zero attached hydrogens (tertiary/aromatic N) is 1. The van der Waals surface area contributed by atoms with E-state index in [0.29, 0.717) is 12.6 Å². The average molecular weight is 331 g/mol. The number of urea groups is 1. The Bertz CT molecular complexity index is 537. The first-order valence-electron chi connectivity index (χ1n) is 9.23. The highest BCUT2D eigenvalue weighted by Crippen LogP contribution is 2.23. The summed E-state index contributed by atoms with van der Waals surface area (Å²) in [5.41, 5.74) is 2.41. The smallest absolute Gasteiger partial charge is 0.315 e. The van der Waals surface area contributed by atoms with Gasteiger partial charge in [0.15, 0.2) is 0 Å². The lowest BCUT2D eigenvalue weighted by Gasteiger charge is -2.21. The van der Waals surface area contributed by atoms with Crippen molar-refractivity contribution in [3.63, 3.8) is 0 Å². The van der Waals surface area contributed by atoms with Crippen molar-refractivity contribution in [2.45, 2.75) is 51.2 Å². The predicted octanol–water partition coefficient (Wildman–Crippen LogP) is 3.22. The van der Waals surface area contributed by atoms with Gasteiger partial charge >= 0.3 is 6.03 Å². The van der Waals surface area contributed by atoms with Crippen LogP contribution in [0.3, 0.4) is 0 Å². The zero-order valence-corrected chi connectivity index (χ0v) is 14.6. The average Bonchev–Trinajstić information content (AvgIpc) is 3.29. The molecule has 0 unspecified atom stereocenters. The molecule has 5 heteroatoms. The minimum Gasteiger partial charge on any atom is -0.378 e. The number of benzene rings is 1. The third-order valence-corrected chi connectivity index (χ3v) is 4.96. The van der Waals surface area contributed by atoms with Gasteiger partial charge in [-0.15, -0.1) is 0 Å². The first kappa shape index (κ1) is 17.1. The highest BCUT2D eigenvalue weighted by atomic mass is 16.5. The highest BCUT2D eigenvalue weighted by molar-refractivity contribution is 5.74. The van der Waals surface area contributed by atoms with Crippen LogP contribution in [0.15, 0.2) is 24.3 Å². The largest absolute Gasteiger partial charge is 0.378 e. The first-order chi connectivity index (χ1) is 11.7. The summed E-state index contributed by atoms with van der Waals surface area (Å²) < 4.78 is 5.57. The number of hydrogen-bond donors (Lipinski definition) is 2. The summed E-state index contributed by atoms with van der Waals surface area (Å²) in [6, 6.07) is 8.40. The van der Waals surface area contributed by atoms with Gasteiger partial charge in [0, 0.05) is 31.9 Å². The van der Waals surface area contributed by atoms with Crippen LogP contribution < -0.4 is 15.5 Å². The van der Waals surface area contributed by atoms with Gasteiger partial charge in [0.2, 0.25) is 0 Å². The lowest BCUT2D eigenvalue weighted by molar-refractivity contribution is 0.104. The quantitative estimate of drug-likeness (QED) is 0.841. The van der Waals surface area contributed by atoms with E-state index >= 15 is 0 Å². The van der Waals surface area contributed by atoms with E-state index in [2.05, 4.69) is 39.8 Å². The van der Waals surface area contributed by atoms with Crippen molar-refractivity contribution in [1.29, 1.82) is 0 Å². The molecule has 2 heterocycles. The van der Waals surface area contributed by atoms with Gasteiger partial charge in [-0.3, -0.25) is 0 Å². The molecule has 1 aromatic carbocycles. The normalized spacial score (nSPS) is 21.7. The third kappa shape index (κ3) is 4.63. The van der Waals surface area contributed by atoms with Gasteiger partial charge in [0.25, 0.3) is 0 Å². The molecule has 2 amide bonds. The molecule has 132 valence electrons. The second-order valence-electron chi connectivity index (χ2n) is 6.83. The van der Waals surface area contributed by atoms with Gasteiger partial charge in [-0.25, -0.2) is 4.79 Å². The maximum absolute atomic E-state index is 12.1. The van der Waals surface area contributed by atoms with E-state index in [0.717, 1.165) is 44.5 Å². The maximum atomic E-state index is 12.1. The number of nitrogens with one attached hydrogen (secondary N) is 2. The predicted molar refractivity (Wildman–Crippen MR) is 96.4 cm³/mol. The minimum atomic E-state index is -0.105. The van der Waals surface area contributed by atoms with Gasteiger partial charge in [0.1, 0.15) is 0 Å². The van der Waals surface area contributed by atoms with Crippen LogP contribution in [0.4, 0.5) is 10.5 Å². The monoisotopic (exact) mass is 331 g/mol. The number of carbonyl (C=O) groups is 1. The molecule has 2 N–H and O–H groups in total. The molecule has 5 nitrogen and oxygen atoms in total. The summed E-state index contributed by atoms with van der Waals surface area (Å²) in [7, 11) is 0. The Kier molecular flexibility index (Phi) is 5.96. The Morgan fingerprint density at radius 1 is 1.33 bits per heavy atom. The number of hydrogen-bond acceptors (Lipinski definition) is 3. The lowest BCUT2D eigenvalue weighted by atomic mass is 10.1. The number of rotatable bonds is 6. The van der Waals surface area contributed by atoms with Crippen molar-refractivity contribution in [2.24, 2.45) is 0 Å². The number of amides is 2. The summed E-state index contributed by atoms with van der Waals surface area (Å²) in [6.07, 6.45) is 6.01. The SMILES string of the molecule is C[C@@H](NC(=O)NCC[C@@H]1CCCO1)c1cccc(N2CCCC2)c1. The second-order valence-corrected chi connectivity index (χ2v) is 6.83. The second kappa shape index (κ2) is 8.38. The molecule has 1 aromatic rings. The number of ether oxygens (including phenoxy) is 1. The number of carbonyl (C=O) groups excluding carboxylic acids is 1. The highest BCUT2D eigenvalue weighted by Gasteiger charge is 2.17. The van der Waals surface area contributed by atoms with Crippen LogP contribution in [0.1, 0.15) is 50.6 Å². The van der Waals surface area contributed by atoms with E-state index in [1.807, 2.05) is 6.92 Å². The fourth-order valence-electron chi connectivity index (χ4n) is 3.52. The van der Waals surface area contributed by atoms with Crippen molar-refractivity contribution in [2.75, 3.05) is 31.1 Å². The molecule has 0 radical (unpaired) electrons. The van der Waals surface area contributed by atoms with Crippen LogP contribution >= 0.6 is 0 Å². The van der Waals surface area contributed by atoms with Crippen molar-refractivity contribution in [3.8, 4) is 0 Å². The van der Waals surface area contributed by atoms with E-state index in [-0.39, 0.29) is 12.1 Å². The van der Waals surface area contributed by atoms with E-state index in [4.69, 9.17) is 4.74 Å². The van der Waals surface area contributed by atoms with Crippen molar-refractivity contribution < 1.29 is 9.53 Å². The summed E-state index contributed by atoms with van der Waals surface area (Å²) in [5, 5.41) is 5.97. The molecule has 2 fully saturated rings. The van der Waals surface area contributed by atoms with Gasteiger partial charge in [-0.2, -0.15) is 0 Å². The van der Waals surface area contributed by atoms with Crippen LogP contribution in [0.5, 0.6) is 0 Å².